The van der Waals surface area contributed by atoms with Crippen LogP contribution in [-0.4, -0.2) is 32.7 Å². The first-order valence-corrected chi connectivity index (χ1v) is 9.94. The molecule has 0 bridgehead atoms. The first kappa shape index (κ1) is 22.3. The molecule has 0 aliphatic rings. The molecule has 0 N–H and O–H groups in total. The molecule has 3 aromatic rings. The molecule has 0 amide bonds. The van der Waals surface area contributed by atoms with Gasteiger partial charge in [0.25, 0.3) is 5.19 Å². The lowest BCUT2D eigenvalue weighted by molar-refractivity contribution is -0.159. The second-order valence-corrected chi connectivity index (χ2v) is 7.97. The van der Waals surface area contributed by atoms with Crippen molar-refractivity contribution in [1.82, 2.24) is 20.3 Å². The van der Waals surface area contributed by atoms with Gasteiger partial charge in [0.15, 0.2) is 0 Å². The second-order valence-electron chi connectivity index (χ2n) is 5.93. The van der Waals surface area contributed by atoms with Crippen molar-refractivity contribution in [3.05, 3.63) is 34.2 Å². The SMILES string of the molecule is Cc1cc(-c2noc(C(F)(F)F)n2)cc(C)c1SCCOc1nnc(C(F)(F)F)s1. The molecule has 0 radical (unpaired) electrons. The molecule has 0 saturated heterocycles. The van der Waals surface area contributed by atoms with Crippen LogP contribution in [0.15, 0.2) is 21.6 Å². The second kappa shape index (κ2) is 8.41. The molecule has 6 nitrogen and oxygen atoms in total. The van der Waals surface area contributed by atoms with Gasteiger partial charge in [-0.3, -0.25) is 0 Å². The largest absolute Gasteiger partial charge is 0.471 e. The van der Waals surface area contributed by atoms with E-state index in [0.717, 1.165) is 16.0 Å². The van der Waals surface area contributed by atoms with Crippen LogP contribution in [-0.2, 0) is 12.4 Å². The van der Waals surface area contributed by atoms with E-state index in [9.17, 15) is 26.3 Å². The maximum Gasteiger partial charge on any atom is 0.471 e. The number of hydrogen-bond donors (Lipinski definition) is 0. The van der Waals surface area contributed by atoms with Gasteiger partial charge in [-0.15, -0.1) is 16.9 Å². The number of nitrogens with zero attached hydrogens (tertiary/aromatic N) is 4. The minimum absolute atomic E-state index is 0.0948. The number of aromatic nitrogens is 4. The van der Waals surface area contributed by atoms with E-state index in [2.05, 4.69) is 24.9 Å². The maximum atomic E-state index is 12.6. The van der Waals surface area contributed by atoms with Crippen molar-refractivity contribution in [2.45, 2.75) is 31.1 Å². The van der Waals surface area contributed by atoms with Gasteiger partial charge < -0.3 is 9.26 Å². The molecule has 0 spiro atoms. The molecule has 1 aromatic carbocycles. The van der Waals surface area contributed by atoms with E-state index in [0.29, 0.717) is 22.7 Å². The third-order valence-corrected chi connectivity index (χ3v) is 5.78. The summed E-state index contributed by atoms with van der Waals surface area (Å²) < 4.78 is 84.8. The summed E-state index contributed by atoms with van der Waals surface area (Å²) in [5.41, 5.74) is 1.91. The smallest absolute Gasteiger partial charge is 0.468 e. The lowest BCUT2D eigenvalue weighted by Gasteiger charge is -2.11. The van der Waals surface area contributed by atoms with Gasteiger partial charge in [-0.1, -0.05) is 21.6 Å². The minimum Gasteiger partial charge on any atom is -0.468 e. The molecule has 2 heterocycles. The van der Waals surface area contributed by atoms with E-state index in [4.69, 9.17) is 4.74 Å². The number of rotatable bonds is 6. The van der Waals surface area contributed by atoms with E-state index < -0.39 is 23.3 Å². The molecule has 30 heavy (non-hydrogen) atoms. The molecule has 2 aromatic heterocycles. The van der Waals surface area contributed by atoms with Gasteiger partial charge >= 0.3 is 18.2 Å². The van der Waals surface area contributed by atoms with Crippen LogP contribution in [0.2, 0.25) is 0 Å². The number of alkyl halides is 6. The summed E-state index contributed by atoms with van der Waals surface area (Å²) in [7, 11) is 0. The van der Waals surface area contributed by atoms with Crippen LogP contribution in [0.1, 0.15) is 22.0 Å². The number of benzene rings is 1. The van der Waals surface area contributed by atoms with E-state index in [1.807, 2.05) is 0 Å². The Kier molecular flexibility index (Phi) is 6.26. The quantitative estimate of drug-likeness (QED) is 0.271. The molecule has 3 rings (SSSR count). The van der Waals surface area contributed by atoms with Crippen molar-refractivity contribution >= 4 is 23.1 Å². The van der Waals surface area contributed by atoms with Gasteiger partial charge in [0, 0.05) is 16.2 Å². The van der Waals surface area contributed by atoms with Gasteiger partial charge in [0.2, 0.25) is 10.8 Å². The van der Waals surface area contributed by atoms with Crippen molar-refractivity contribution in [3.63, 3.8) is 0 Å². The first-order valence-electron chi connectivity index (χ1n) is 8.14. The van der Waals surface area contributed by atoms with Crippen LogP contribution < -0.4 is 4.74 Å². The monoisotopic (exact) mass is 470 g/mol. The van der Waals surface area contributed by atoms with Crippen LogP contribution >= 0.6 is 23.1 Å². The molecule has 0 aliphatic carbocycles. The van der Waals surface area contributed by atoms with Gasteiger partial charge in [0.05, 0.1) is 0 Å². The van der Waals surface area contributed by atoms with Gasteiger partial charge in [-0.25, -0.2) is 0 Å². The molecule has 162 valence electrons. The van der Waals surface area contributed by atoms with Crippen LogP contribution in [0.25, 0.3) is 11.4 Å². The number of ether oxygens (including phenoxy) is 1. The van der Waals surface area contributed by atoms with Crippen molar-refractivity contribution in [2.24, 2.45) is 0 Å². The van der Waals surface area contributed by atoms with Crippen LogP contribution in [0, 0.1) is 13.8 Å². The zero-order chi connectivity index (χ0) is 22.1. The maximum absolute atomic E-state index is 12.6. The highest BCUT2D eigenvalue weighted by molar-refractivity contribution is 7.99. The fraction of sp³-hybridized carbons (Fsp3) is 0.375. The Bertz CT molecular complexity index is 1010. The molecular formula is C16H12F6N4O2S2. The summed E-state index contributed by atoms with van der Waals surface area (Å²) in [6.45, 7) is 3.63. The Labute approximate surface area is 173 Å². The van der Waals surface area contributed by atoms with Crippen LogP contribution in [0.3, 0.4) is 0 Å². The minimum atomic E-state index is -4.72. The van der Waals surface area contributed by atoms with Gasteiger partial charge in [-0.05, 0) is 37.1 Å². The Hall–Kier alpha value is -2.35. The highest BCUT2D eigenvalue weighted by Crippen LogP contribution is 2.35. The average Bonchev–Trinajstić information content (AvgIpc) is 3.29. The van der Waals surface area contributed by atoms with E-state index >= 15 is 0 Å². The molecular weight excluding hydrogens is 458 g/mol. The van der Waals surface area contributed by atoms with Crippen molar-refractivity contribution in [3.8, 4) is 16.6 Å². The average molecular weight is 470 g/mol. The topological polar surface area (TPSA) is 73.9 Å². The van der Waals surface area contributed by atoms with Crippen molar-refractivity contribution < 1.29 is 35.6 Å². The predicted octanol–water partition coefficient (Wildman–Crippen LogP) is 5.41. The van der Waals surface area contributed by atoms with E-state index in [1.54, 1.807) is 26.0 Å². The predicted molar refractivity (Wildman–Crippen MR) is 95.3 cm³/mol. The molecule has 0 saturated carbocycles. The summed E-state index contributed by atoms with van der Waals surface area (Å²) in [5, 5.41) is 8.48. The van der Waals surface area contributed by atoms with Crippen LogP contribution in [0.4, 0.5) is 26.3 Å². The summed E-state index contributed by atoms with van der Waals surface area (Å²) in [5.74, 6) is -1.19. The fourth-order valence-corrected chi connectivity index (χ4v) is 3.95. The Morgan fingerprint density at radius 3 is 2.23 bits per heavy atom. The zero-order valence-electron chi connectivity index (χ0n) is 15.3. The third-order valence-electron chi connectivity index (χ3n) is 3.59. The summed E-state index contributed by atoms with van der Waals surface area (Å²) in [6, 6.07) is 3.25. The Morgan fingerprint density at radius 1 is 1.03 bits per heavy atom. The van der Waals surface area contributed by atoms with Crippen molar-refractivity contribution in [1.29, 1.82) is 0 Å². The highest BCUT2D eigenvalue weighted by atomic mass is 32.2. The zero-order valence-corrected chi connectivity index (χ0v) is 16.9. The fourth-order valence-electron chi connectivity index (χ4n) is 2.42. The summed E-state index contributed by atoms with van der Waals surface area (Å²) in [6.07, 6.45) is -9.29. The van der Waals surface area contributed by atoms with E-state index in [1.165, 1.54) is 11.8 Å². The summed E-state index contributed by atoms with van der Waals surface area (Å²) >= 11 is 1.70. The molecule has 0 unspecified atom stereocenters. The molecule has 14 heteroatoms. The Morgan fingerprint density at radius 2 is 1.70 bits per heavy atom. The number of halogens is 6. The Balaban J connectivity index is 1.62. The first-order chi connectivity index (χ1) is 13.9. The lowest BCUT2D eigenvalue weighted by Crippen LogP contribution is -2.04. The normalized spacial score (nSPS) is 12.4. The van der Waals surface area contributed by atoms with Gasteiger partial charge in [-0.2, -0.15) is 31.3 Å². The van der Waals surface area contributed by atoms with Crippen LogP contribution in [0.5, 0.6) is 5.19 Å². The molecule has 0 fully saturated rings. The third kappa shape index (κ3) is 5.22. The number of thioether (sulfide) groups is 1. The molecule has 0 atom stereocenters. The highest BCUT2D eigenvalue weighted by Gasteiger charge is 2.38. The molecule has 0 aliphatic heterocycles. The standard InChI is InChI=1S/C16H12F6N4O2S2/c1-7-5-9(11-23-12(28-26-11)15(17,18)19)6-8(2)10(7)29-4-3-27-14-25-24-13(30-14)16(20,21)22/h5-6H,3-4H2,1-2H3. The van der Waals surface area contributed by atoms with E-state index in [-0.39, 0.29) is 17.6 Å². The van der Waals surface area contributed by atoms with Gasteiger partial charge in [0.1, 0.15) is 6.61 Å². The summed E-state index contributed by atoms with van der Waals surface area (Å²) in [4.78, 5) is 4.23. The number of hydrogen-bond acceptors (Lipinski definition) is 8. The number of aryl methyl sites for hydroxylation is 2. The lowest BCUT2D eigenvalue weighted by atomic mass is 10.1. The van der Waals surface area contributed by atoms with Crippen molar-refractivity contribution in [2.75, 3.05) is 12.4 Å².